The molecule has 0 aliphatic carbocycles. The fourth-order valence-corrected chi connectivity index (χ4v) is 9.48. The number of hydrogen-bond donors (Lipinski definition) is 5. The predicted octanol–water partition coefficient (Wildman–Crippen LogP) is 8.27. The monoisotopic (exact) mass is 675 g/mol. The van der Waals surface area contributed by atoms with Crippen molar-refractivity contribution in [1.29, 1.82) is 5.41 Å². The van der Waals surface area contributed by atoms with Crippen molar-refractivity contribution in [2.24, 2.45) is 10.4 Å². The first-order valence-electron chi connectivity index (χ1n) is 19.4. The first kappa shape index (κ1) is 42.8. The van der Waals surface area contributed by atoms with Gasteiger partial charge in [-0.25, -0.2) is 0 Å². The van der Waals surface area contributed by atoms with Gasteiger partial charge in [0, 0.05) is 58.4 Å². The molecule has 2 rings (SSSR count). The van der Waals surface area contributed by atoms with Crippen molar-refractivity contribution in [1.82, 2.24) is 31.1 Å². The number of guanidine groups is 2. The minimum Gasteiger partial charge on any atom is -0.354 e. The molecule has 0 radical (unpaired) electrons. The third kappa shape index (κ3) is 15.2. The van der Waals surface area contributed by atoms with Gasteiger partial charge in [0.15, 0.2) is 5.96 Å². The van der Waals surface area contributed by atoms with Crippen LogP contribution in [0.4, 0.5) is 0 Å². The third-order valence-corrected chi connectivity index (χ3v) is 9.82. The zero-order valence-electron chi connectivity index (χ0n) is 34.9. The van der Waals surface area contributed by atoms with E-state index in [2.05, 4.69) is 149 Å². The Morgan fingerprint density at radius 3 is 1.58 bits per heavy atom. The Hall–Kier alpha value is -1.38. The van der Waals surface area contributed by atoms with E-state index < -0.39 is 0 Å². The van der Waals surface area contributed by atoms with Crippen molar-refractivity contribution in [3.63, 3.8) is 0 Å². The largest absolute Gasteiger partial charge is 0.354 e. The number of rotatable bonds is 13. The maximum atomic E-state index is 9.43. The zero-order valence-corrected chi connectivity index (χ0v) is 34.9. The maximum Gasteiger partial charge on any atom is 0.221 e. The molecule has 8 nitrogen and oxygen atoms in total. The molecule has 2 heterocycles. The minimum atomic E-state index is -0.160. The van der Waals surface area contributed by atoms with Crippen LogP contribution < -0.4 is 21.3 Å². The lowest BCUT2D eigenvalue weighted by Gasteiger charge is -2.50. The second kappa shape index (κ2) is 16.3. The van der Waals surface area contributed by atoms with Crippen LogP contribution in [0, 0.1) is 10.8 Å². The average molecular weight is 675 g/mol. The highest BCUT2D eigenvalue weighted by Crippen LogP contribution is 2.34. The summed E-state index contributed by atoms with van der Waals surface area (Å²) in [5, 5.41) is 24.4. The highest BCUT2D eigenvalue weighted by atomic mass is 15.3. The van der Waals surface area contributed by atoms with E-state index in [0.717, 1.165) is 38.8 Å². The van der Waals surface area contributed by atoms with Crippen LogP contribution in [0.3, 0.4) is 0 Å². The molecule has 0 aromatic carbocycles. The Balaban J connectivity index is 2.17. The van der Waals surface area contributed by atoms with Crippen molar-refractivity contribution in [2.75, 3.05) is 13.1 Å². The van der Waals surface area contributed by atoms with Crippen molar-refractivity contribution in [3.8, 4) is 0 Å². The van der Waals surface area contributed by atoms with Crippen LogP contribution in [0.15, 0.2) is 4.99 Å². The summed E-state index contributed by atoms with van der Waals surface area (Å²) in [6.45, 7) is 41.0. The first-order chi connectivity index (χ1) is 21.6. The minimum absolute atomic E-state index is 0.00129. The molecule has 0 spiro atoms. The van der Waals surface area contributed by atoms with Gasteiger partial charge < -0.3 is 26.2 Å². The van der Waals surface area contributed by atoms with Crippen LogP contribution >= 0.6 is 0 Å². The molecule has 2 fully saturated rings. The molecule has 0 bridgehead atoms. The van der Waals surface area contributed by atoms with Crippen LogP contribution in [0.1, 0.15) is 175 Å². The molecule has 5 N–H and O–H groups in total. The smallest absolute Gasteiger partial charge is 0.221 e. The summed E-state index contributed by atoms with van der Waals surface area (Å²) in [5.41, 5.74) is 0.342. The molecule has 0 amide bonds. The normalized spacial score (nSPS) is 22.0. The van der Waals surface area contributed by atoms with Gasteiger partial charge in [0.25, 0.3) is 0 Å². The molecule has 0 aromatic heterocycles. The van der Waals surface area contributed by atoms with Crippen molar-refractivity contribution in [3.05, 3.63) is 0 Å². The Morgan fingerprint density at radius 2 is 1.17 bits per heavy atom. The number of piperidine rings is 2. The first-order valence-corrected chi connectivity index (χ1v) is 19.4. The standard InChI is InChI=1S/C40H82N8/c1-29(2)42-34(44-40(16,17)28-35(5,6)7)43-33(41)48(32-26-38(12,13)46-39(14,15)27-32)23-21-19-18-20-22-47(30(3)4)31-24-36(8,9)45-37(10,11)25-31/h29-32,45-46H,18-28H2,1-17H3,(H3,41,42,43,44). The lowest BCUT2D eigenvalue weighted by atomic mass is 9.78. The average Bonchev–Trinajstić information content (AvgIpc) is 2.78. The van der Waals surface area contributed by atoms with Gasteiger partial charge in [-0.1, -0.05) is 33.6 Å². The second-order valence-corrected chi connectivity index (χ2v) is 20.7. The van der Waals surface area contributed by atoms with Gasteiger partial charge in [-0.05, 0) is 154 Å². The number of nitrogens with one attached hydrogen (secondary N) is 5. The maximum absolute atomic E-state index is 9.43. The van der Waals surface area contributed by atoms with Gasteiger partial charge in [-0.2, -0.15) is 4.99 Å². The Labute approximate surface area is 298 Å². The van der Waals surface area contributed by atoms with E-state index >= 15 is 0 Å². The van der Waals surface area contributed by atoms with Gasteiger partial charge in [0.2, 0.25) is 5.96 Å². The SMILES string of the molecule is CC(C)N/C(=N\C(=N)N(CCCCCCN(C(C)C)C1CC(C)(C)NC(C)(C)C1)C1CC(C)(C)NC(C)(C)C1)NC(C)(C)CC(C)(C)C. The zero-order chi connectivity index (χ0) is 36.9. The van der Waals surface area contributed by atoms with Gasteiger partial charge in [-0.15, -0.1) is 0 Å². The summed E-state index contributed by atoms with van der Waals surface area (Å²) in [7, 11) is 0. The Bertz CT molecular complexity index is 1010. The van der Waals surface area contributed by atoms with Crippen LogP contribution in [0.5, 0.6) is 0 Å². The number of unbranched alkanes of at least 4 members (excludes halogenated alkanes) is 3. The topological polar surface area (TPSA) is 90.8 Å². The van der Waals surface area contributed by atoms with Crippen molar-refractivity contribution < 1.29 is 0 Å². The lowest BCUT2D eigenvalue weighted by Crippen LogP contribution is -2.63. The molecule has 48 heavy (non-hydrogen) atoms. The Morgan fingerprint density at radius 1 is 0.729 bits per heavy atom. The highest BCUT2D eigenvalue weighted by Gasteiger charge is 2.42. The molecule has 0 unspecified atom stereocenters. The number of hydrogen-bond acceptors (Lipinski definition) is 4. The van der Waals surface area contributed by atoms with E-state index in [1.54, 1.807) is 0 Å². The summed E-state index contributed by atoms with van der Waals surface area (Å²) >= 11 is 0. The van der Waals surface area contributed by atoms with Crippen LogP contribution in [0.2, 0.25) is 0 Å². The molecule has 0 aromatic rings. The summed E-state index contributed by atoms with van der Waals surface area (Å²) in [4.78, 5) is 10.1. The van der Waals surface area contributed by atoms with E-state index in [0.29, 0.717) is 24.0 Å². The molecule has 2 aliphatic heterocycles. The van der Waals surface area contributed by atoms with Crippen LogP contribution in [0.25, 0.3) is 0 Å². The molecular formula is C40H82N8. The fraction of sp³-hybridized carbons (Fsp3) is 0.950. The summed E-state index contributed by atoms with van der Waals surface area (Å²) in [6.07, 6.45) is 10.1. The molecule has 2 aliphatic rings. The van der Waals surface area contributed by atoms with Crippen molar-refractivity contribution >= 4 is 11.9 Å². The van der Waals surface area contributed by atoms with Crippen LogP contribution in [-0.4, -0.2) is 86.7 Å². The van der Waals surface area contributed by atoms with E-state index in [-0.39, 0.29) is 45.2 Å². The van der Waals surface area contributed by atoms with Gasteiger partial charge >= 0.3 is 0 Å². The van der Waals surface area contributed by atoms with E-state index in [9.17, 15) is 5.41 Å². The van der Waals surface area contributed by atoms with Gasteiger partial charge in [0.05, 0.1) is 0 Å². The highest BCUT2D eigenvalue weighted by molar-refractivity contribution is 5.94. The number of nitrogens with zero attached hydrogens (tertiary/aromatic N) is 3. The van der Waals surface area contributed by atoms with Crippen LogP contribution in [-0.2, 0) is 0 Å². The van der Waals surface area contributed by atoms with Gasteiger partial charge in [0.1, 0.15) is 0 Å². The van der Waals surface area contributed by atoms with E-state index in [1.807, 2.05) is 0 Å². The summed E-state index contributed by atoms with van der Waals surface area (Å²) < 4.78 is 0. The third-order valence-electron chi connectivity index (χ3n) is 9.82. The molecule has 0 atom stereocenters. The molecular weight excluding hydrogens is 592 g/mol. The molecule has 8 heteroatoms. The second-order valence-electron chi connectivity index (χ2n) is 20.7. The fourth-order valence-electron chi connectivity index (χ4n) is 9.48. The summed E-state index contributed by atoms with van der Waals surface area (Å²) in [5.74, 6) is 1.08. The Kier molecular flexibility index (Phi) is 14.5. The number of aliphatic imine (C=N–C) groups is 1. The van der Waals surface area contributed by atoms with Crippen molar-refractivity contribution in [2.45, 2.75) is 227 Å². The lowest BCUT2D eigenvalue weighted by molar-refractivity contribution is 0.0465. The van der Waals surface area contributed by atoms with E-state index in [4.69, 9.17) is 4.99 Å². The van der Waals surface area contributed by atoms with E-state index in [1.165, 1.54) is 32.1 Å². The molecule has 2 saturated heterocycles. The molecule has 0 saturated carbocycles. The quantitative estimate of drug-likeness (QED) is 0.0768. The summed E-state index contributed by atoms with van der Waals surface area (Å²) in [6, 6.07) is 1.65. The molecule has 282 valence electrons. The predicted molar refractivity (Wildman–Crippen MR) is 210 cm³/mol. The van der Waals surface area contributed by atoms with Gasteiger partial charge in [-0.3, -0.25) is 10.3 Å².